The van der Waals surface area contributed by atoms with Crippen LogP contribution in [0.4, 0.5) is 0 Å². The van der Waals surface area contributed by atoms with E-state index in [1.165, 1.54) is 0 Å². The molecule has 0 N–H and O–H groups in total. The van der Waals surface area contributed by atoms with Gasteiger partial charge in [-0.2, -0.15) is 0 Å². The van der Waals surface area contributed by atoms with Gasteiger partial charge in [-0.25, -0.2) is 0 Å². The molecule has 1 aliphatic rings. The predicted octanol–water partition coefficient (Wildman–Crippen LogP) is 4.14. The van der Waals surface area contributed by atoms with Gasteiger partial charge in [-0.05, 0) is 41.0 Å². The van der Waals surface area contributed by atoms with Gasteiger partial charge in [0.05, 0.1) is 7.11 Å². The third-order valence-electron chi connectivity index (χ3n) is 3.60. The van der Waals surface area contributed by atoms with Gasteiger partial charge >= 0.3 is 0 Å². The van der Waals surface area contributed by atoms with Crippen LogP contribution in [0.2, 0.25) is 0 Å². The number of hydrogen-bond acceptors (Lipinski definition) is 2. The van der Waals surface area contributed by atoms with Crippen molar-refractivity contribution in [2.75, 3.05) is 7.11 Å². The van der Waals surface area contributed by atoms with Crippen molar-refractivity contribution in [3.05, 3.63) is 77.4 Å². The number of rotatable bonds is 3. The van der Waals surface area contributed by atoms with E-state index in [1.54, 1.807) is 13.2 Å². The Hall–Kier alpha value is -2.61. The molecule has 2 nitrogen and oxygen atoms in total. The van der Waals surface area contributed by atoms with Crippen LogP contribution in [0.25, 0.3) is 11.6 Å². The Kier molecular flexibility index (Phi) is 3.69. The molecule has 0 heterocycles. The minimum Gasteiger partial charge on any atom is -0.497 e. The summed E-state index contributed by atoms with van der Waals surface area (Å²) in [6, 6.07) is 17.8. The van der Waals surface area contributed by atoms with Gasteiger partial charge in [-0.15, -0.1) is 0 Å². The highest BCUT2D eigenvalue weighted by Crippen LogP contribution is 2.30. The number of hydrogen-bond donors (Lipinski definition) is 0. The highest BCUT2D eigenvalue weighted by atomic mass is 16.5. The standard InChI is InChI=1S/C19H16O2/c1-21-18-9-7-14(8-10-18)11-17-12-16(13-19(17)20)15-5-3-2-4-6-15/h2-11,13H,12H2,1H3/b17-11-. The van der Waals surface area contributed by atoms with Gasteiger partial charge in [0, 0.05) is 12.0 Å². The first-order chi connectivity index (χ1) is 10.3. The molecule has 104 valence electrons. The van der Waals surface area contributed by atoms with Crippen molar-refractivity contribution < 1.29 is 9.53 Å². The van der Waals surface area contributed by atoms with E-state index in [9.17, 15) is 4.79 Å². The second kappa shape index (κ2) is 5.80. The second-order valence-corrected chi connectivity index (χ2v) is 5.02. The summed E-state index contributed by atoms with van der Waals surface area (Å²) in [5.74, 6) is 0.919. The number of carbonyl (C=O) groups excluding carboxylic acids is 1. The minimum absolute atomic E-state index is 0.102. The molecule has 0 fully saturated rings. The molecule has 0 bridgehead atoms. The number of benzene rings is 2. The molecule has 21 heavy (non-hydrogen) atoms. The third kappa shape index (κ3) is 2.95. The molecule has 2 aromatic carbocycles. The summed E-state index contributed by atoms with van der Waals surface area (Å²) in [6.07, 6.45) is 4.38. The van der Waals surface area contributed by atoms with Crippen LogP contribution in [-0.2, 0) is 4.79 Å². The molecule has 0 atom stereocenters. The van der Waals surface area contributed by atoms with Gasteiger partial charge in [0.2, 0.25) is 0 Å². The fraction of sp³-hybridized carbons (Fsp3) is 0.105. The highest BCUT2D eigenvalue weighted by Gasteiger charge is 2.19. The maximum atomic E-state index is 12.1. The van der Waals surface area contributed by atoms with Gasteiger partial charge in [0.1, 0.15) is 5.75 Å². The number of ether oxygens (including phenoxy) is 1. The van der Waals surface area contributed by atoms with Crippen LogP contribution < -0.4 is 4.74 Å². The van der Waals surface area contributed by atoms with E-state index in [2.05, 4.69) is 0 Å². The zero-order valence-corrected chi connectivity index (χ0v) is 11.9. The van der Waals surface area contributed by atoms with Gasteiger partial charge in [-0.3, -0.25) is 4.79 Å². The Morgan fingerprint density at radius 2 is 1.71 bits per heavy atom. The summed E-state index contributed by atoms with van der Waals surface area (Å²) >= 11 is 0. The summed E-state index contributed by atoms with van der Waals surface area (Å²) in [7, 11) is 1.64. The molecule has 0 saturated heterocycles. The normalized spacial score (nSPS) is 16.1. The minimum atomic E-state index is 0.102. The van der Waals surface area contributed by atoms with E-state index in [-0.39, 0.29) is 5.78 Å². The summed E-state index contributed by atoms with van der Waals surface area (Å²) in [5.41, 5.74) is 4.05. The van der Waals surface area contributed by atoms with Crippen molar-refractivity contribution in [2.24, 2.45) is 0 Å². The smallest absolute Gasteiger partial charge is 0.182 e. The molecule has 0 amide bonds. The Morgan fingerprint density at radius 1 is 1.00 bits per heavy atom. The van der Waals surface area contributed by atoms with E-state index in [1.807, 2.05) is 60.7 Å². The zero-order valence-electron chi connectivity index (χ0n) is 11.9. The monoisotopic (exact) mass is 276 g/mol. The van der Waals surface area contributed by atoms with Crippen molar-refractivity contribution in [2.45, 2.75) is 6.42 Å². The maximum Gasteiger partial charge on any atom is 0.182 e. The fourth-order valence-electron chi connectivity index (χ4n) is 2.46. The molecule has 0 radical (unpaired) electrons. The molecular formula is C19H16O2. The lowest BCUT2D eigenvalue weighted by Crippen LogP contribution is -1.91. The van der Waals surface area contributed by atoms with Crippen LogP contribution in [0.15, 0.2) is 66.2 Å². The topological polar surface area (TPSA) is 26.3 Å². The van der Waals surface area contributed by atoms with Crippen molar-refractivity contribution in [3.8, 4) is 5.75 Å². The average molecular weight is 276 g/mol. The lowest BCUT2D eigenvalue weighted by atomic mass is 10.0. The summed E-state index contributed by atoms with van der Waals surface area (Å²) in [4.78, 5) is 12.1. The first-order valence-corrected chi connectivity index (χ1v) is 6.91. The van der Waals surface area contributed by atoms with Crippen molar-refractivity contribution in [3.63, 3.8) is 0 Å². The van der Waals surface area contributed by atoms with Crippen LogP contribution in [0.5, 0.6) is 5.75 Å². The van der Waals surface area contributed by atoms with Crippen LogP contribution in [0, 0.1) is 0 Å². The van der Waals surface area contributed by atoms with Crippen LogP contribution in [0.1, 0.15) is 17.5 Å². The summed E-state index contributed by atoms with van der Waals surface area (Å²) < 4.78 is 5.14. The zero-order chi connectivity index (χ0) is 14.7. The van der Waals surface area contributed by atoms with Crippen LogP contribution in [-0.4, -0.2) is 12.9 Å². The average Bonchev–Trinajstić information content (AvgIpc) is 2.90. The van der Waals surface area contributed by atoms with Gasteiger partial charge < -0.3 is 4.74 Å². The van der Waals surface area contributed by atoms with Crippen LogP contribution >= 0.6 is 0 Å². The Balaban J connectivity index is 1.82. The van der Waals surface area contributed by atoms with Gasteiger partial charge in [0.25, 0.3) is 0 Å². The lowest BCUT2D eigenvalue weighted by molar-refractivity contribution is -0.110. The first kappa shape index (κ1) is 13.4. The largest absolute Gasteiger partial charge is 0.497 e. The summed E-state index contributed by atoms with van der Waals surface area (Å²) in [5, 5.41) is 0. The highest BCUT2D eigenvalue weighted by molar-refractivity contribution is 6.16. The van der Waals surface area contributed by atoms with E-state index >= 15 is 0 Å². The van der Waals surface area contributed by atoms with Crippen LogP contribution in [0.3, 0.4) is 0 Å². The van der Waals surface area contributed by atoms with E-state index in [0.29, 0.717) is 6.42 Å². The molecule has 3 rings (SSSR count). The molecule has 0 unspecified atom stereocenters. The summed E-state index contributed by atoms with van der Waals surface area (Å²) in [6.45, 7) is 0. The molecule has 0 aromatic heterocycles. The number of allylic oxidation sites excluding steroid dienone is 3. The number of carbonyl (C=O) groups is 1. The lowest BCUT2D eigenvalue weighted by Gasteiger charge is -2.02. The molecule has 0 aliphatic heterocycles. The molecule has 1 aliphatic carbocycles. The molecule has 0 spiro atoms. The SMILES string of the molecule is COc1ccc(/C=C2/CC(c3ccccc3)=CC2=O)cc1. The van der Waals surface area contributed by atoms with Crippen molar-refractivity contribution >= 4 is 17.4 Å². The Bertz CT molecular complexity index is 707. The maximum absolute atomic E-state index is 12.1. The second-order valence-electron chi connectivity index (χ2n) is 5.02. The van der Waals surface area contributed by atoms with E-state index in [4.69, 9.17) is 4.74 Å². The van der Waals surface area contributed by atoms with Crippen molar-refractivity contribution in [1.82, 2.24) is 0 Å². The quantitative estimate of drug-likeness (QED) is 0.788. The molecule has 2 aromatic rings. The fourth-order valence-corrected chi connectivity index (χ4v) is 2.46. The third-order valence-corrected chi connectivity index (χ3v) is 3.60. The Labute approximate surface area is 124 Å². The molecule has 2 heteroatoms. The van der Waals surface area contributed by atoms with Gasteiger partial charge in [0.15, 0.2) is 5.78 Å². The first-order valence-electron chi connectivity index (χ1n) is 6.91. The van der Waals surface area contributed by atoms with E-state index in [0.717, 1.165) is 28.0 Å². The number of methoxy groups -OCH3 is 1. The number of ketones is 1. The molecule has 0 saturated carbocycles. The van der Waals surface area contributed by atoms with E-state index < -0.39 is 0 Å². The predicted molar refractivity (Wildman–Crippen MR) is 85.0 cm³/mol. The molecular weight excluding hydrogens is 260 g/mol. The Morgan fingerprint density at radius 3 is 2.38 bits per heavy atom. The van der Waals surface area contributed by atoms with Crippen molar-refractivity contribution in [1.29, 1.82) is 0 Å². The van der Waals surface area contributed by atoms with Gasteiger partial charge in [-0.1, -0.05) is 42.5 Å².